The number of nitrogens with one attached hydrogen (secondary N) is 2. The summed E-state index contributed by atoms with van der Waals surface area (Å²) in [4.78, 5) is 7.92. The molecule has 4 nitrogen and oxygen atoms in total. The molecule has 4 heteroatoms. The van der Waals surface area contributed by atoms with Crippen LogP contribution in [0.3, 0.4) is 0 Å². The van der Waals surface area contributed by atoms with Gasteiger partial charge in [0.15, 0.2) is 0 Å². The minimum Gasteiger partial charge on any atom is -0.327 e. The highest BCUT2D eigenvalue weighted by molar-refractivity contribution is 5.80. The Balaban J connectivity index is 2.13. The number of hydrogen-bond acceptors (Lipinski definition) is 2. The first-order chi connectivity index (χ1) is 8.28. The van der Waals surface area contributed by atoms with Gasteiger partial charge in [0.1, 0.15) is 0 Å². The number of likely N-dealkylation sites (N-methyl/N-ethyl adjacent to an activating group) is 1. The van der Waals surface area contributed by atoms with Gasteiger partial charge in [-0.1, -0.05) is 6.07 Å². The van der Waals surface area contributed by atoms with E-state index in [2.05, 4.69) is 51.0 Å². The summed E-state index contributed by atoms with van der Waals surface area (Å²) in [5.41, 5.74) is 4.69. The number of aryl methyl sites for hydroxylation is 1. The summed E-state index contributed by atoms with van der Waals surface area (Å²) in [5.74, 6) is 0.928. The third-order valence-electron chi connectivity index (χ3n) is 3.05. The van der Waals surface area contributed by atoms with Gasteiger partial charge in [0, 0.05) is 24.9 Å². The largest absolute Gasteiger partial charge is 0.327 e. The summed E-state index contributed by atoms with van der Waals surface area (Å²) in [7, 11) is 1.97. The Kier molecular flexibility index (Phi) is 2.37. The first kappa shape index (κ1) is 10.4. The normalized spacial score (nSPS) is 11.6. The maximum atomic E-state index is 4.57. The Labute approximate surface area is 99.7 Å². The third kappa shape index (κ3) is 1.70. The van der Waals surface area contributed by atoms with Gasteiger partial charge in [-0.2, -0.15) is 0 Å². The summed E-state index contributed by atoms with van der Waals surface area (Å²) in [5, 5.41) is 3.15. The van der Waals surface area contributed by atoms with Crippen LogP contribution in [0.2, 0.25) is 0 Å². The fraction of sp³-hybridized carbons (Fsp3) is 0.308. The number of fused-ring (bicyclic) bond motifs is 3. The van der Waals surface area contributed by atoms with E-state index in [9.17, 15) is 0 Å². The van der Waals surface area contributed by atoms with Crippen molar-refractivity contribution in [1.29, 1.82) is 0 Å². The molecule has 3 rings (SSSR count). The number of H-pyrrole nitrogens is 1. The van der Waals surface area contributed by atoms with Gasteiger partial charge in [0.25, 0.3) is 0 Å². The van der Waals surface area contributed by atoms with E-state index in [0.29, 0.717) is 0 Å². The van der Waals surface area contributed by atoms with Crippen LogP contribution in [0, 0.1) is 6.92 Å². The maximum absolute atomic E-state index is 4.57. The Bertz CT molecular complexity index is 662. The van der Waals surface area contributed by atoms with Gasteiger partial charge < -0.3 is 10.3 Å². The van der Waals surface area contributed by atoms with Crippen molar-refractivity contribution in [2.24, 2.45) is 0 Å². The predicted molar refractivity (Wildman–Crippen MR) is 69.4 cm³/mol. The molecule has 1 aromatic carbocycles. The number of rotatable bonds is 3. The molecule has 88 valence electrons. The van der Waals surface area contributed by atoms with E-state index in [1.807, 2.05) is 7.05 Å². The zero-order valence-electron chi connectivity index (χ0n) is 10.1. The van der Waals surface area contributed by atoms with E-state index >= 15 is 0 Å². The quantitative estimate of drug-likeness (QED) is 0.719. The second-order valence-electron chi connectivity index (χ2n) is 4.43. The van der Waals surface area contributed by atoms with Gasteiger partial charge in [-0.15, -0.1) is 0 Å². The molecule has 3 aromatic rings. The van der Waals surface area contributed by atoms with E-state index in [1.54, 1.807) is 0 Å². The molecule has 0 amide bonds. The van der Waals surface area contributed by atoms with Crippen molar-refractivity contribution in [3.8, 4) is 0 Å². The van der Waals surface area contributed by atoms with Crippen LogP contribution >= 0.6 is 0 Å². The Hall–Kier alpha value is -1.81. The van der Waals surface area contributed by atoms with Crippen LogP contribution in [0.4, 0.5) is 0 Å². The molecule has 17 heavy (non-hydrogen) atoms. The van der Waals surface area contributed by atoms with Crippen molar-refractivity contribution < 1.29 is 0 Å². The standard InChI is InChI=1S/C13H16N4/c1-9-3-4-11-12(7-9)17-8-10(5-6-14-2)15-13(17)16-11/h3-4,7-8,14H,5-6H2,1-2H3,(H,15,16). The van der Waals surface area contributed by atoms with E-state index in [1.165, 1.54) is 16.8 Å². The first-order valence-electron chi connectivity index (χ1n) is 5.89. The summed E-state index contributed by atoms with van der Waals surface area (Å²) < 4.78 is 2.13. The number of benzene rings is 1. The lowest BCUT2D eigenvalue weighted by Gasteiger charge is -1.95. The van der Waals surface area contributed by atoms with Gasteiger partial charge in [-0.25, -0.2) is 4.98 Å². The Morgan fingerprint density at radius 3 is 3.12 bits per heavy atom. The highest BCUT2D eigenvalue weighted by atomic mass is 15.1. The molecule has 0 spiro atoms. The van der Waals surface area contributed by atoms with Crippen LogP contribution in [-0.2, 0) is 6.42 Å². The lowest BCUT2D eigenvalue weighted by molar-refractivity contribution is 0.780. The molecule has 0 saturated carbocycles. The van der Waals surface area contributed by atoms with Crippen LogP contribution in [0.5, 0.6) is 0 Å². The van der Waals surface area contributed by atoms with Crippen LogP contribution < -0.4 is 5.32 Å². The third-order valence-corrected chi connectivity index (χ3v) is 3.05. The highest BCUT2D eigenvalue weighted by Gasteiger charge is 2.07. The number of imidazole rings is 2. The average Bonchev–Trinajstić information content (AvgIpc) is 2.84. The summed E-state index contributed by atoms with van der Waals surface area (Å²) in [6, 6.07) is 6.33. The predicted octanol–water partition coefficient (Wildman–Crippen LogP) is 1.89. The molecule has 0 aliphatic rings. The molecule has 0 aliphatic carbocycles. The van der Waals surface area contributed by atoms with Crippen molar-refractivity contribution in [2.75, 3.05) is 13.6 Å². The summed E-state index contributed by atoms with van der Waals surface area (Å²) >= 11 is 0. The van der Waals surface area contributed by atoms with Crippen molar-refractivity contribution in [1.82, 2.24) is 19.7 Å². The molecule has 0 atom stereocenters. The average molecular weight is 228 g/mol. The van der Waals surface area contributed by atoms with Crippen LogP contribution in [0.25, 0.3) is 16.8 Å². The number of nitrogens with zero attached hydrogens (tertiary/aromatic N) is 2. The molecular formula is C13H16N4. The monoisotopic (exact) mass is 228 g/mol. The smallest absolute Gasteiger partial charge is 0.212 e. The highest BCUT2D eigenvalue weighted by Crippen LogP contribution is 2.18. The molecule has 0 fully saturated rings. The van der Waals surface area contributed by atoms with Crippen molar-refractivity contribution in [3.05, 3.63) is 35.7 Å². The molecular weight excluding hydrogens is 212 g/mol. The molecule has 0 bridgehead atoms. The zero-order chi connectivity index (χ0) is 11.8. The molecule has 2 heterocycles. The zero-order valence-corrected chi connectivity index (χ0v) is 10.1. The molecule has 2 N–H and O–H groups in total. The van der Waals surface area contributed by atoms with Crippen molar-refractivity contribution in [3.63, 3.8) is 0 Å². The second kappa shape index (κ2) is 3.89. The van der Waals surface area contributed by atoms with Crippen molar-refractivity contribution in [2.45, 2.75) is 13.3 Å². The van der Waals surface area contributed by atoms with Gasteiger partial charge in [-0.05, 0) is 31.7 Å². The van der Waals surface area contributed by atoms with E-state index in [-0.39, 0.29) is 0 Å². The molecule has 2 aromatic heterocycles. The number of hydrogen-bond donors (Lipinski definition) is 2. The topological polar surface area (TPSA) is 45.1 Å². The lowest BCUT2D eigenvalue weighted by Crippen LogP contribution is -2.10. The fourth-order valence-corrected chi connectivity index (χ4v) is 2.14. The van der Waals surface area contributed by atoms with Crippen LogP contribution in [0.1, 0.15) is 11.3 Å². The molecule has 0 radical (unpaired) electrons. The van der Waals surface area contributed by atoms with E-state index in [0.717, 1.165) is 24.3 Å². The number of aromatic nitrogens is 3. The molecule has 0 unspecified atom stereocenters. The second-order valence-corrected chi connectivity index (χ2v) is 4.43. The van der Waals surface area contributed by atoms with Gasteiger partial charge in [0.05, 0.1) is 11.0 Å². The minimum atomic E-state index is 0.928. The maximum Gasteiger partial charge on any atom is 0.212 e. The van der Waals surface area contributed by atoms with E-state index < -0.39 is 0 Å². The Morgan fingerprint density at radius 1 is 1.41 bits per heavy atom. The van der Waals surface area contributed by atoms with Gasteiger partial charge in [0.2, 0.25) is 5.78 Å². The molecule has 0 aliphatic heterocycles. The SMILES string of the molecule is CNCCc1cn2c(nc3ccc(C)cc32)[nH]1. The van der Waals surface area contributed by atoms with Gasteiger partial charge >= 0.3 is 0 Å². The van der Waals surface area contributed by atoms with Crippen LogP contribution in [-0.4, -0.2) is 28.0 Å². The minimum absolute atomic E-state index is 0.928. The summed E-state index contributed by atoms with van der Waals surface area (Å²) in [6.45, 7) is 3.08. The lowest BCUT2D eigenvalue weighted by atomic mass is 10.2. The summed E-state index contributed by atoms with van der Waals surface area (Å²) in [6.07, 6.45) is 3.13. The fourth-order valence-electron chi connectivity index (χ4n) is 2.14. The van der Waals surface area contributed by atoms with Gasteiger partial charge in [-0.3, -0.25) is 4.40 Å². The number of aromatic amines is 1. The first-order valence-corrected chi connectivity index (χ1v) is 5.89. The van der Waals surface area contributed by atoms with E-state index in [4.69, 9.17) is 0 Å². The Morgan fingerprint density at radius 2 is 2.29 bits per heavy atom. The van der Waals surface area contributed by atoms with Crippen molar-refractivity contribution >= 4 is 16.8 Å². The molecule has 0 saturated heterocycles. The van der Waals surface area contributed by atoms with Crippen LogP contribution in [0.15, 0.2) is 24.4 Å².